The van der Waals surface area contributed by atoms with E-state index < -0.39 is 35.6 Å². The van der Waals surface area contributed by atoms with E-state index >= 15 is 0 Å². The summed E-state index contributed by atoms with van der Waals surface area (Å²) in [7, 11) is 0. The van der Waals surface area contributed by atoms with Crippen molar-refractivity contribution in [2.45, 2.75) is 19.0 Å². The second-order valence-electron chi connectivity index (χ2n) is 6.71. The number of hydrogen-bond donors (Lipinski definition) is 1. The zero-order chi connectivity index (χ0) is 20.7. The third-order valence-corrected chi connectivity index (χ3v) is 4.96. The highest BCUT2D eigenvalue weighted by Gasteiger charge is 2.55. The van der Waals surface area contributed by atoms with Crippen molar-refractivity contribution in [3.05, 3.63) is 58.9 Å². The lowest BCUT2D eigenvalue weighted by molar-refractivity contribution is -0.123. The Balaban J connectivity index is 1.49. The topological polar surface area (TPSA) is 94.4 Å². The van der Waals surface area contributed by atoms with Gasteiger partial charge < -0.3 is 5.32 Å². The number of carbonyl (C=O) groups is 3. The van der Waals surface area contributed by atoms with Crippen LogP contribution in [-0.2, 0) is 14.4 Å². The van der Waals surface area contributed by atoms with Crippen LogP contribution in [0.5, 0.6) is 0 Å². The molecule has 0 bridgehead atoms. The number of nitrogens with zero attached hydrogens (tertiary/aromatic N) is 4. The van der Waals surface area contributed by atoms with Gasteiger partial charge >= 0.3 is 0 Å². The number of amides is 3. The van der Waals surface area contributed by atoms with Gasteiger partial charge in [-0.15, -0.1) is 0 Å². The van der Waals surface area contributed by atoms with E-state index in [1.54, 1.807) is 18.2 Å². The molecule has 2 aromatic carbocycles. The molecule has 0 radical (unpaired) electrons. The molecular formula is C19H15ClFN5O3. The third-order valence-electron chi connectivity index (χ3n) is 4.65. The van der Waals surface area contributed by atoms with E-state index in [-0.39, 0.29) is 12.2 Å². The first-order valence-electron chi connectivity index (χ1n) is 8.72. The van der Waals surface area contributed by atoms with Gasteiger partial charge in [-0.1, -0.05) is 22.9 Å². The number of hydrogen-bond acceptors (Lipinski definition) is 6. The summed E-state index contributed by atoms with van der Waals surface area (Å²) in [6.45, 7) is 1.59. The Hall–Kier alpha value is -3.33. The molecule has 1 N–H and O–H groups in total. The number of carbonyl (C=O) groups excluding carboxylic acids is 3. The fraction of sp³-hybridized carbons (Fsp3) is 0.211. The van der Waals surface area contributed by atoms with Crippen molar-refractivity contribution in [1.82, 2.24) is 5.01 Å². The van der Waals surface area contributed by atoms with Crippen LogP contribution in [-0.4, -0.2) is 41.4 Å². The first kappa shape index (κ1) is 19.0. The number of anilines is 2. The van der Waals surface area contributed by atoms with Crippen LogP contribution in [0.25, 0.3) is 0 Å². The average Bonchev–Trinajstić information content (AvgIpc) is 3.19. The first-order valence-corrected chi connectivity index (χ1v) is 9.10. The Labute approximate surface area is 169 Å². The minimum atomic E-state index is -1.04. The van der Waals surface area contributed by atoms with Crippen LogP contribution in [0.15, 0.2) is 52.8 Å². The Morgan fingerprint density at radius 2 is 1.90 bits per heavy atom. The van der Waals surface area contributed by atoms with Crippen molar-refractivity contribution in [2.75, 3.05) is 16.8 Å². The van der Waals surface area contributed by atoms with Crippen LogP contribution in [0.3, 0.4) is 0 Å². The van der Waals surface area contributed by atoms with E-state index in [0.717, 1.165) is 22.6 Å². The zero-order valence-electron chi connectivity index (χ0n) is 15.2. The highest BCUT2D eigenvalue weighted by Crippen LogP contribution is 2.32. The molecule has 0 aliphatic carbocycles. The molecule has 8 nitrogen and oxygen atoms in total. The largest absolute Gasteiger partial charge is 0.323 e. The molecule has 0 saturated carbocycles. The SMILES string of the molecule is Cc1ccc(NC(=O)CN2N=N[C@@H]3C(=O)N(c4ccc(F)cc4)C(=O)[C@@H]32)c(Cl)c1. The van der Waals surface area contributed by atoms with Crippen LogP contribution >= 0.6 is 11.6 Å². The van der Waals surface area contributed by atoms with Gasteiger partial charge in [0, 0.05) is 0 Å². The Morgan fingerprint density at radius 3 is 2.59 bits per heavy atom. The lowest BCUT2D eigenvalue weighted by Crippen LogP contribution is -2.43. The van der Waals surface area contributed by atoms with Crippen molar-refractivity contribution in [1.29, 1.82) is 0 Å². The molecule has 2 aliphatic rings. The average molecular weight is 416 g/mol. The number of benzene rings is 2. The summed E-state index contributed by atoms with van der Waals surface area (Å²) in [4.78, 5) is 38.8. The van der Waals surface area contributed by atoms with Crippen molar-refractivity contribution in [2.24, 2.45) is 10.3 Å². The van der Waals surface area contributed by atoms with Gasteiger partial charge in [-0.2, -0.15) is 5.11 Å². The third kappa shape index (κ3) is 3.44. The standard InChI is InChI=1S/C19H15ClFN5O3/c1-10-2-7-14(13(20)8-10)22-15(27)9-25-17-16(23-24-25)18(28)26(19(17)29)12-5-3-11(21)4-6-12/h2-8,16-17H,9H2,1H3,(H,22,27)/t16-,17+/m0/s1. The molecular weight excluding hydrogens is 401 g/mol. The summed E-state index contributed by atoms with van der Waals surface area (Å²) in [5.41, 5.74) is 1.61. The van der Waals surface area contributed by atoms with E-state index in [4.69, 9.17) is 11.6 Å². The zero-order valence-corrected chi connectivity index (χ0v) is 15.9. The molecule has 148 valence electrons. The number of halogens is 2. The predicted molar refractivity (Wildman–Crippen MR) is 103 cm³/mol. The van der Waals surface area contributed by atoms with Gasteiger partial charge in [-0.05, 0) is 48.9 Å². The first-order chi connectivity index (χ1) is 13.8. The second kappa shape index (κ2) is 7.25. The van der Waals surface area contributed by atoms with Crippen LogP contribution in [0.2, 0.25) is 5.02 Å². The van der Waals surface area contributed by atoms with Gasteiger partial charge in [0.2, 0.25) is 5.91 Å². The van der Waals surface area contributed by atoms with E-state index in [0.29, 0.717) is 10.7 Å². The number of nitrogens with one attached hydrogen (secondary N) is 1. The lowest BCUT2D eigenvalue weighted by atomic mass is 10.1. The minimum absolute atomic E-state index is 0.238. The van der Waals surface area contributed by atoms with Crippen LogP contribution in [0.1, 0.15) is 5.56 Å². The molecule has 1 fully saturated rings. The lowest BCUT2D eigenvalue weighted by Gasteiger charge is -2.20. The number of imide groups is 1. The molecule has 2 aromatic rings. The van der Waals surface area contributed by atoms with Gasteiger partial charge in [0.25, 0.3) is 11.8 Å². The molecule has 29 heavy (non-hydrogen) atoms. The van der Waals surface area contributed by atoms with Gasteiger partial charge in [0.05, 0.1) is 16.4 Å². The predicted octanol–water partition coefficient (Wildman–Crippen LogP) is 2.72. The number of fused-ring (bicyclic) bond motifs is 1. The van der Waals surface area contributed by atoms with Gasteiger partial charge in [-0.3, -0.25) is 19.4 Å². The van der Waals surface area contributed by atoms with E-state index in [9.17, 15) is 18.8 Å². The fourth-order valence-electron chi connectivity index (χ4n) is 3.26. The summed E-state index contributed by atoms with van der Waals surface area (Å²) < 4.78 is 13.1. The van der Waals surface area contributed by atoms with Crippen molar-refractivity contribution >= 4 is 40.7 Å². The normalized spacial score (nSPS) is 20.4. The van der Waals surface area contributed by atoms with Crippen molar-refractivity contribution in [3.63, 3.8) is 0 Å². The highest BCUT2D eigenvalue weighted by molar-refractivity contribution is 6.33. The molecule has 2 heterocycles. The van der Waals surface area contributed by atoms with Crippen molar-refractivity contribution in [3.8, 4) is 0 Å². The summed E-state index contributed by atoms with van der Waals surface area (Å²) >= 11 is 6.12. The molecule has 2 aliphatic heterocycles. The molecule has 0 unspecified atom stereocenters. The highest BCUT2D eigenvalue weighted by atomic mass is 35.5. The van der Waals surface area contributed by atoms with Crippen LogP contribution in [0.4, 0.5) is 15.8 Å². The Kier molecular flexibility index (Phi) is 4.75. The molecule has 0 spiro atoms. The van der Waals surface area contributed by atoms with E-state index in [1.165, 1.54) is 17.1 Å². The van der Waals surface area contributed by atoms with Gasteiger partial charge in [0.15, 0.2) is 12.1 Å². The van der Waals surface area contributed by atoms with Gasteiger partial charge in [0.1, 0.15) is 12.4 Å². The molecule has 4 rings (SSSR count). The molecule has 3 amide bonds. The van der Waals surface area contributed by atoms with Crippen LogP contribution in [0, 0.1) is 12.7 Å². The number of rotatable bonds is 4. The summed E-state index contributed by atoms with van der Waals surface area (Å²) in [6, 6.07) is 8.10. The molecule has 1 saturated heterocycles. The fourth-order valence-corrected chi connectivity index (χ4v) is 3.54. The van der Waals surface area contributed by atoms with Crippen molar-refractivity contribution < 1.29 is 18.8 Å². The Bertz CT molecular complexity index is 1040. The maximum absolute atomic E-state index is 13.1. The maximum atomic E-state index is 13.1. The van der Waals surface area contributed by atoms with Crippen LogP contribution < -0.4 is 10.2 Å². The maximum Gasteiger partial charge on any atom is 0.263 e. The molecule has 0 aromatic heterocycles. The summed E-state index contributed by atoms with van der Waals surface area (Å²) in [5, 5.41) is 11.9. The minimum Gasteiger partial charge on any atom is -0.323 e. The second-order valence-corrected chi connectivity index (χ2v) is 7.12. The van der Waals surface area contributed by atoms with E-state index in [1.807, 2.05) is 6.92 Å². The summed E-state index contributed by atoms with van der Waals surface area (Å²) in [6.07, 6.45) is 0. The number of aryl methyl sites for hydroxylation is 1. The Morgan fingerprint density at radius 1 is 1.17 bits per heavy atom. The molecule has 10 heteroatoms. The quantitative estimate of drug-likeness (QED) is 0.777. The molecule has 2 atom stereocenters. The smallest absolute Gasteiger partial charge is 0.263 e. The van der Waals surface area contributed by atoms with Gasteiger partial charge in [-0.25, -0.2) is 9.29 Å². The summed E-state index contributed by atoms with van der Waals surface area (Å²) in [5.74, 6) is -2.09. The van der Waals surface area contributed by atoms with E-state index in [2.05, 4.69) is 15.7 Å². The monoisotopic (exact) mass is 415 g/mol.